The third kappa shape index (κ3) is 4.07. The van der Waals surface area contributed by atoms with Crippen LogP contribution in [0.3, 0.4) is 0 Å². The second kappa shape index (κ2) is 5.91. The Kier molecular flexibility index (Phi) is 4.78. The van der Waals surface area contributed by atoms with Gasteiger partial charge in [-0.3, -0.25) is 9.78 Å². The van der Waals surface area contributed by atoms with Gasteiger partial charge in [-0.05, 0) is 32.4 Å². The lowest BCUT2D eigenvalue weighted by molar-refractivity contribution is 0.0904. The predicted octanol–water partition coefficient (Wildman–Crippen LogP) is 2.02. The smallest absolute Gasteiger partial charge is 0.270 e. The highest BCUT2D eigenvalue weighted by Crippen LogP contribution is 2.11. The Morgan fingerprint density at radius 3 is 2.61 bits per heavy atom. The Labute approximate surface area is 113 Å². The molecule has 1 aromatic heterocycles. The molecule has 0 radical (unpaired) electrons. The van der Waals surface area contributed by atoms with Crippen molar-refractivity contribution in [2.75, 3.05) is 0 Å². The number of amides is 1. The second-order valence-electron chi connectivity index (χ2n) is 4.88. The number of hydrogen-bond donors (Lipinski definition) is 2. The molecule has 0 saturated heterocycles. The zero-order chi connectivity index (χ0) is 13.8. The fourth-order valence-electron chi connectivity index (χ4n) is 1.73. The Bertz CT molecular complexity index is 440. The van der Waals surface area contributed by atoms with Crippen LogP contribution in [0.25, 0.3) is 0 Å². The van der Waals surface area contributed by atoms with Crippen molar-refractivity contribution >= 4 is 23.1 Å². The number of carbonyl (C=O) groups is 1. The lowest BCUT2D eigenvalue weighted by Gasteiger charge is -2.25. The number of thiocarbonyl (C=S) groups is 1. The van der Waals surface area contributed by atoms with Crippen LogP contribution in [0.4, 0.5) is 0 Å². The van der Waals surface area contributed by atoms with Crippen molar-refractivity contribution < 1.29 is 4.79 Å². The zero-order valence-corrected chi connectivity index (χ0v) is 11.8. The summed E-state index contributed by atoms with van der Waals surface area (Å²) in [6.07, 6.45) is 3.45. The van der Waals surface area contributed by atoms with E-state index in [1.165, 1.54) is 6.20 Å². The van der Waals surface area contributed by atoms with Gasteiger partial charge in [-0.2, -0.15) is 0 Å². The van der Waals surface area contributed by atoms with Crippen LogP contribution in [-0.2, 0) is 0 Å². The Morgan fingerprint density at radius 1 is 1.50 bits per heavy atom. The topological polar surface area (TPSA) is 68.0 Å². The SMILES string of the molecule is CCCC(C)(C)NC(=O)c1ccc(C(N)=S)cn1. The van der Waals surface area contributed by atoms with Crippen LogP contribution < -0.4 is 11.1 Å². The third-order valence-electron chi connectivity index (χ3n) is 2.61. The first kappa shape index (κ1) is 14.6. The van der Waals surface area contributed by atoms with Gasteiger partial charge in [0, 0.05) is 17.3 Å². The number of hydrogen-bond acceptors (Lipinski definition) is 3. The minimum atomic E-state index is -0.227. The van der Waals surface area contributed by atoms with Crippen LogP contribution in [0.15, 0.2) is 18.3 Å². The minimum Gasteiger partial charge on any atom is -0.389 e. The maximum absolute atomic E-state index is 12.0. The molecule has 0 spiro atoms. The number of carbonyl (C=O) groups excluding carboxylic acids is 1. The molecule has 0 unspecified atom stereocenters. The predicted molar refractivity (Wildman–Crippen MR) is 76.6 cm³/mol. The van der Waals surface area contributed by atoms with Crippen molar-refractivity contribution in [2.45, 2.75) is 39.2 Å². The van der Waals surface area contributed by atoms with Gasteiger partial charge in [0.05, 0.1) is 0 Å². The summed E-state index contributed by atoms with van der Waals surface area (Å²) in [5.74, 6) is -0.178. The van der Waals surface area contributed by atoms with Crippen LogP contribution in [0.5, 0.6) is 0 Å². The van der Waals surface area contributed by atoms with Crippen molar-refractivity contribution in [1.82, 2.24) is 10.3 Å². The minimum absolute atomic E-state index is 0.178. The largest absolute Gasteiger partial charge is 0.389 e. The zero-order valence-electron chi connectivity index (χ0n) is 11.0. The molecule has 0 aromatic carbocycles. The fourth-order valence-corrected chi connectivity index (χ4v) is 1.85. The highest BCUT2D eigenvalue weighted by Gasteiger charge is 2.20. The van der Waals surface area contributed by atoms with Crippen molar-refractivity contribution in [3.05, 3.63) is 29.6 Å². The van der Waals surface area contributed by atoms with Gasteiger partial charge in [0.1, 0.15) is 10.7 Å². The molecule has 98 valence electrons. The molecule has 18 heavy (non-hydrogen) atoms. The lowest BCUT2D eigenvalue weighted by atomic mass is 9.99. The summed E-state index contributed by atoms with van der Waals surface area (Å²) < 4.78 is 0. The molecule has 1 heterocycles. The number of nitrogens with two attached hydrogens (primary N) is 1. The molecule has 0 fully saturated rings. The molecule has 0 atom stereocenters. The monoisotopic (exact) mass is 265 g/mol. The van der Waals surface area contributed by atoms with Gasteiger partial charge in [0.15, 0.2) is 0 Å². The quantitative estimate of drug-likeness (QED) is 0.799. The molecule has 4 nitrogen and oxygen atoms in total. The van der Waals surface area contributed by atoms with Crippen molar-refractivity contribution in [3.8, 4) is 0 Å². The van der Waals surface area contributed by atoms with E-state index in [4.69, 9.17) is 18.0 Å². The van der Waals surface area contributed by atoms with Crippen molar-refractivity contribution in [2.24, 2.45) is 5.73 Å². The van der Waals surface area contributed by atoms with Gasteiger partial charge < -0.3 is 11.1 Å². The van der Waals surface area contributed by atoms with Gasteiger partial charge in [-0.1, -0.05) is 25.6 Å². The molecule has 0 saturated carbocycles. The van der Waals surface area contributed by atoms with Crippen LogP contribution in [0.2, 0.25) is 0 Å². The molecule has 1 amide bonds. The number of nitrogens with one attached hydrogen (secondary N) is 1. The first-order valence-electron chi connectivity index (χ1n) is 5.94. The molecule has 5 heteroatoms. The van der Waals surface area contributed by atoms with Crippen LogP contribution in [0.1, 0.15) is 49.7 Å². The van der Waals surface area contributed by atoms with E-state index in [1.807, 2.05) is 13.8 Å². The summed E-state index contributed by atoms with van der Waals surface area (Å²) in [7, 11) is 0. The molecule has 1 rings (SSSR count). The molecule has 0 aliphatic rings. The molecule has 0 bridgehead atoms. The van der Waals surface area contributed by atoms with Gasteiger partial charge in [0.25, 0.3) is 5.91 Å². The average Bonchev–Trinajstić information content (AvgIpc) is 2.28. The van der Waals surface area contributed by atoms with E-state index in [0.29, 0.717) is 11.3 Å². The number of nitrogens with zero attached hydrogens (tertiary/aromatic N) is 1. The molecule has 0 aliphatic carbocycles. The maximum atomic E-state index is 12.0. The van der Waals surface area contributed by atoms with Gasteiger partial charge >= 0.3 is 0 Å². The molecule has 1 aromatic rings. The van der Waals surface area contributed by atoms with E-state index in [9.17, 15) is 4.79 Å². The van der Waals surface area contributed by atoms with Gasteiger partial charge in [-0.25, -0.2) is 0 Å². The standard InChI is InChI=1S/C13H19N3OS/c1-4-7-13(2,3)16-12(17)10-6-5-9(8-15-10)11(14)18/h5-6,8H,4,7H2,1-3H3,(H2,14,18)(H,16,17). The summed E-state index contributed by atoms with van der Waals surface area (Å²) in [6.45, 7) is 6.08. The Balaban J connectivity index is 2.76. The summed E-state index contributed by atoms with van der Waals surface area (Å²) >= 11 is 4.83. The summed E-state index contributed by atoms with van der Waals surface area (Å²) in [5, 5.41) is 2.96. The Morgan fingerprint density at radius 2 is 2.17 bits per heavy atom. The van der Waals surface area contributed by atoms with E-state index >= 15 is 0 Å². The van der Waals surface area contributed by atoms with Crippen LogP contribution in [0, 0.1) is 0 Å². The molecular formula is C13H19N3OS. The first-order chi connectivity index (χ1) is 8.35. The summed E-state index contributed by atoms with van der Waals surface area (Å²) in [4.78, 5) is 16.3. The normalized spacial score (nSPS) is 11.1. The number of rotatable bonds is 5. The lowest BCUT2D eigenvalue weighted by Crippen LogP contribution is -2.43. The second-order valence-corrected chi connectivity index (χ2v) is 5.32. The van der Waals surface area contributed by atoms with E-state index in [-0.39, 0.29) is 16.4 Å². The highest BCUT2D eigenvalue weighted by molar-refractivity contribution is 7.80. The molecule has 0 aliphatic heterocycles. The van der Waals surface area contributed by atoms with E-state index in [1.54, 1.807) is 12.1 Å². The van der Waals surface area contributed by atoms with Crippen LogP contribution in [-0.4, -0.2) is 21.4 Å². The maximum Gasteiger partial charge on any atom is 0.270 e. The molecular weight excluding hydrogens is 246 g/mol. The number of aromatic nitrogens is 1. The highest BCUT2D eigenvalue weighted by atomic mass is 32.1. The van der Waals surface area contributed by atoms with Crippen LogP contribution >= 0.6 is 12.2 Å². The Hall–Kier alpha value is -1.49. The number of pyridine rings is 1. The summed E-state index contributed by atoms with van der Waals surface area (Å²) in [6, 6.07) is 3.34. The van der Waals surface area contributed by atoms with E-state index in [2.05, 4.69) is 17.2 Å². The third-order valence-corrected chi connectivity index (χ3v) is 2.84. The van der Waals surface area contributed by atoms with Gasteiger partial charge in [0.2, 0.25) is 0 Å². The summed E-state index contributed by atoms with van der Waals surface area (Å²) in [5.41, 5.74) is 6.28. The van der Waals surface area contributed by atoms with E-state index < -0.39 is 0 Å². The first-order valence-corrected chi connectivity index (χ1v) is 6.35. The average molecular weight is 265 g/mol. The fraction of sp³-hybridized carbons (Fsp3) is 0.462. The van der Waals surface area contributed by atoms with Gasteiger partial charge in [-0.15, -0.1) is 0 Å². The van der Waals surface area contributed by atoms with Crippen molar-refractivity contribution in [3.63, 3.8) is 0 Å². The molecule has 3 N–H and O–H groups in total. The van der Waals surface area contributed by atoms with E-state index in [0.717, 1.165) is 12.8 Å². The van der Waals surface area contributed by atoms with Crippen molar-refractivity contribution in [1.29, 1.82) is 0 Å².